The lowest BCUT2D eigenvalue weighted by atomic mass is 9.83. The first-order valence-corrected chi connectivity index (χ1v) is 12.6. The molecule has 174 valence electrons. The van der Waals surface area contributed by atoms with Gasteiger partial charge in [-0.05, 0) is 79.9 Å². The predicted octanol–water partition coefficient (Wildman–Crippen LogP) is 10.9. The average Bonchev–Trinajstić information content (AvgIpc) is 3.62. The Hall–Kier alpha value is -3.60. The van der Waals surface area contributed by atoms with Crippen LogP contribution in [0, 0.1) is 0 Å². The molecule has 0 atom stereocenters. The Morgan fingerprint density at radius 3 is 1.91 bits per heavy atom. The van der Waals surface area contributed by atoms with Crippen molar-refractivity contribution in [1.82, 2.24) is 0 Å². The van der Waals surface area contributed by atoms with Gasteiger partial charge in [-0.2, -0.15) is 0 Å². The number of benzene rings is 3. The molecule has 0 bridgehead atoms. The molecule has 0 heterocycles. The second-order valence-electron chi connectivity index (χ2n) is 7.13. The zero-order chi connectivity index (χ0) is 25.1. The summed E-state index contributed by atoms with van der Waals surface area (Å²) in [5.74, 6) is 0. The zero-order valence-corrected chi connectivity index (χ0v) is 21.7. The van der Waals surface area contributed by atoms with Crippen LogP contribution in [-0.4, -0.2) is 0 Å². The zero-order valence-electron chi connectivity index (χ0n) is 21.7. The maximum absolute atomic E-state index is 4.16. The molecule has 3 aromatic carbocycles. The fourth-order valence-corrected chi connectivity index (χ4v) is 4.38. The second-order valence-corrected chi connectivity index (χ2v) is 7.13. The molecule has 0 radical (unpaired) electrons. The minimum Gasteiger partial charge on any atom is -0.120 e. The van der Waals surface area contributed by atoms with Crippen LogP contribution in [0.25, 0.3) is 51.8 Å². The molecule has 0 aromatic heterocycles. The Kier molecular flexibility index (Phi) is 10.3. The third-order valence-corrected chi connectivity index (χ3v) is 5.62. The van der Waals surface area contributed by atoms with E-state index in [1.807, 2.05) is 65.8 Å². The molecule has 3 aromatic rings. The molecule has 0 spiro atoms. The predicted molar refractivity (Wildman–Crippen MR) is 158 cm³/mol. The summed E-state index contributed by atoms with van der Waals surface area (Å²) in [5.41, 5.74) is 12.8. The molecule has 34 heavy (non-hydrogen) atoms. The maximum Gasteiger partial charge on any atom is -0.00264 e. The highest BCUT2D eigenvalue weighted by Crippen LogP contribution is 2.43. The van der Waals surface area contributed by atoms with Crippen LogP contribution >= 0.6 is 0 Å². The van der Waals surface area contributed by atoms with Gasteiger partial charge in [-0.15, -0.1) is 5.73 Å². The molecule has 0 fully saturated rings. The van der Waals surface area contributed by atoms with Crippen molar-refractivity contribution in [3.05, 3.63) is 107 Å². The van der Waals surface area contributed by atoms with Crippen molar-refractivity contribution in [1.29, 1.82) is 0 Å². The van der Waals surface area contributed by atoms with Crippen LogP contribution in [0.15, 0.2) is 79.6 Å². The minimum atomic E-state index is 0.982. The third-order valence-electron chi connectivity index (χ3n) is 5.62. The first-order chi connectivity index (χ1) is 16.8. The lowest BCUT2D eigenvalue weighted by Crippen LogP contribution is -1.98. The van der Waals surface area contributed by atoms with E-state index in [4.69, 9.17) is 0 Å². The Morgan fingerprint density at radius 1 is 0.735 bits per heavy atom. The standard InChI is InChI=1S/C28H20.3C2H6/c1-3-23-24(4-2)28(22-17-16-19-12-9-13-21(19)18-22)26-15-8-7-14-25(26)27(23)20-10-5-6-11-20;3*1-2/h3-5,7-8,10-18H,1-2,6H2;3*1-2H3. The second kappa shape index (κ2) is 13.2. The fraction of sp³-hybridized carbons (Fsp3) is 0.206. The van der Waals surface area contributed by atoms with Gasteiger partial charge in [-0.1, -0.05) is 121 Å². The SMILES string of the molecule is C=Cc1c(C=C)c(-c2ccc3c(c2)C=C=C3)c2ccccc2c1C1=CCC=C1.CC.CC.CC. The van der Waals surface area contributed by atoms with Crippen LogP contribution in [0.1, 0.15) is 75.8 Å². The monoisotopic (exact) mass is 446 g/mol. The largest absolute Gasteiger partial charge is 0.120 e. The highest BCUT2D eigenvalue weighted by molar-refractivity contribution is 6.10. The van der Waals surface area contributed by atoms with E-state index in [0.717, 1.165) is 17.5 Å². The number of allylic oxidation sites excluding steroid dienone is 4. The van der Waals surface area contributed by atoms with Crippen molar-refractivity contribution in [3.63, 3.8) is 0 Å². The molecule has 0 amide bonds. The van der Waals surface area contributed by atoms with E-state index in [0.29, 0.717) is 0 Å². The number of fused-ring (bicyclic) bond motifs is 2. The van der Waals surface area contributed by atoms with Gasteiger partial charge < -0.3 is 0 Å². The van der Waals surface area contributed by atoms with Crippen LogP contribution in [0.3, 0.4) is 0 Å². The topological polar surface area (TPSA) is 0 Å². The smallest absolute Gasteiger partial charge is 0.00264 e. The minimum absolute atomic E-state index is 0.982. The highest BCUT2D eigenvalue weighted by atomic mass is 14.2. The van der Waals surface area contributed by atoms with E-state index in [9.17, 15) is 0 Å². The molecular formula is C34H38. The Balaban J connectivity index is 0.000000633. The van der Waals surface area contributed by atoms with E-state index in [1.54, 1.807) is 0 Å². The average molecular weight is 447 g/mol. The summed E-state index contributed by atoms with van der Waals surface area (Å²) in [6, 6.07) is 15.3. The van der Waals surface area contributed by atoms with Gasteiger partial charge in [0.25, 0.3) is 0 Å². The van der Waals surface area contributed by atoms with Crippen molar-refractivity contribution in [2.75, 3.05) is 0 Å². The van der Waals surface area contributed by atoms with Crippen LogP contribution in [-0.2, 0) is 0 Å². The Morgan fingerprint density at radius 2 is 1.32 bits per heavy atom. The molecular weight excluding hydrogens is 408 g/mol. The molecule has 5 rings (SSSR count). The summed E-state index contributed by atoms with van der Waals surface area (Å²) in [5, 5.41) is 2.50. The van der Waals surface area contributed by atoms with Crippen LogP contribution < -0.4 is 0 Å². The van der Waals surface area contributed by atoms with Crippen molar-refractivity contribution in [2.24, 2.45) is 0 Å². The molecule has 0 aliphatic heterocycles. The first-order valence-electron chi connectivity index (χ1n) is 12.6. The summed E-state index contributed by atoms with van der Waals surface area (Å²) in [6.45, 7) is 20.3. The van der Waals surface area contributed by atoms with Gasteiger partial charge in [0.2, 0.25) is 0 Å². The van der Waals surface area contributed by atoms with E-state index in [1.165, 1.54) is 44.2 Å². The van der Waals surface area contributed by atoms with Crippen molar-refractivity contribution in [3.8, 4) is 11.1 Å². The summed E-state index contributed by atoms with van der Waals surface area (Å²) < 4.78 is 0. The lowest BCUT2D eigenvalue weighted by Gasteiger charge is -2.20. The first kappa shape index (κ1) is 26.7. The molecule has 0 nitrogen and oxygen atoms in total. The molecule has 0 unspecified atom stereocenters. The Labute approximate surface area is 207 Å². The highest BCUT2D eigenvalue weighted by Gasteiger charge is 2.20. The van der Waals surface area contributed by atoms with Gasteiger partial charge in [0.15, 0.2) is 0 Å². The molecule has 0 saturated heterocycles. The normalized spacial score (nSPS) is 11.9. The number of hydrogen-bond donors (Lipinski definition) is 0. The van der Waals surface area contributed by atoms with Gasteiger partial charge in [0.05, 0.1) is 0 Å². The molecule has 0 heteroatoms. The third kappa shape index (κ3) is 4.98. The van der Waals surface area contributed by atoms with Gasteiger partial charge in [-0.3, -0.25) is 0 Å². The van der Waals surface area contributed by atoms with Gasteiger partial charge >= 0.3 is 0 Å². The van der Waals surface area contributed by atoms with Gasteiger partial charge in [-0.25, -0.2) is 0 Å². The molecule has 0 saturated carbocycles. The van der Waals surface area contributed by atoms with Gasteiger partial charge in [0.1, 0.15) is 0 Å². The summed E-state index contributed by atoms with van der Waals surface area (Å²) in [6.07, 6.45) is 15.7. The van der Waals surface area contributed by atoms with Crippen molar-refractivity contribution in [2.45, 2.75) is 48.0 Å². The quantitative estimate of drug-likeness (QED) is 0.273. The summed E-state index contributed by atoms with van der Waals surface area (Å²) >= 11 is 0. The molecule has 0 N–H and O–H groups in total. The van der Waals surface area contributed by atoms with E-state index < -0.39 is 0 Å². The molecule has 2 aliphatic carbocycles. The van der Waals surface area contributed by atoms with Crippen molar-refractivity contribution < 1.29 is 0 Å². The summed E-state index contributed by atoms with van der Waals surface area (Å²) in [7, 11) is 0. The Bertz CT molecular complexity index is 1290. The number of hydrogen-bond acceptors (Lipinski definition) is 0. The van der Waals surface area contributed by atoms with E-state index >= 15 is 0 Å². The van der Waals surface area contributed by atoms with Crippen LogP contribution in [0.5, 0.6) is 0 Å². The lowest BCUT2D eigenvalue weighted by molar-refractivity contribution is 1.45. The van der Waals surface area contributed by atoms with Crippen molar-refractivity contribution >= 4 is 40.6 Å². The van der Waals surface area contributed by atoms with Gasteiger partial charge in [0, 0.05) is 0 Å². The fourth-order valence-electron chi connectivity index (χ4n) is 4.38. The van der Waals surface area contributed by atoms with Crippen LogP contribution in [0.2, 0.25) is 0 Å². The van der Waals surface area contributed by atoms with Crippen LogP contribution in [0.4, 0.5) is 0 Å². The number of rotatable bonds is 4. The summed E-state index contributed by atoms with van der Waals surface area (Å²) in [4.78, 5) is 0. The molecule has 2 aliphatic rings. The van der Waals surface area contributed by atoms with E-state index in [-0.39, 0.29) is 0 Å². The maximum atomic E-state index is 4.16. The van der Waals surface area contributed by atoms with E-state index in [2.05, 4.69) is 79.6 Å².